The van der Waals surface area contributed by atoms with Crippen molar-refractivity contribution in [3.05, 3.63) is 54.6 Å². The van der Waals surface area contributed by atoms with Gasteiger partial charge in [0.25, 0.3) is 0 Å². The molecule has 1 aliphatic heterocycles. The van der Waals surface area contributed by atoms with Crippen LogP contribution in [0.3, 0.4) is 0 Å². The lowest BCUT2D eigenvalue weighted by molar-refractivity contribution is 0.131. The van der Waals surface area contributed by atoms with Crippen LogP contribution in [0.15, 0.2) is 59.5 Å². The van der Waals surface area contributed by atoms with Gasteiger partial charge >= 0.3 is 6.09 Å². The minimum Gasteiger partial charge on any atom is -0.492 e. The van der Waals surface area contributed by atoms with E-state index in [4.69, 9.17) is 9.47 Å². The maximum Gasteiger partial charge on any atom is 0.415 e. The molecule has 0 bridgehead atoms. The van der Waals surface area contributed by atoms with E-state index < -0.39 is 10.0 Å². The van der Waals surface area contributed by atoms with Crippen LogP contribution in [0, 0.1) is 5.92 Å². The maximum absolute atomic E-state index is 12.7. The Bertz CT molecular complexity index is 910. The van der Waals surface area contributed by atoms with Gasteiger partial charge in [-0.25, -0.2) is 17.9 Å². The zero-order valence-electron chi connectivity index (χ0n) is 16.4. The fourth-order valence-corrected chi connectivity index (χ4v) is 4.49. The molecule has 0 atom stereocenters. The molecule has 156 valence electrons. The third kappa shape index (κ3) is 5.71. The van der Waals surface area contributed by atoms with E-state index in [9.17, 15) is 13.2 Å². The van der Waals surface area contributed by atoms with Gasteiger partial charge in [0.05, 0.1) is 6.61 Å². The van der Waals surface area contributed by atoms with E-state index in [0.717, 1.165) is 0 Å². The van der Waals surface area contributed by atoms with Gasteiger partial charge in [0, 0.05) is 19.6 Å². The summed E-state index contributed by atoms with van der Waals surface area (Å²) in [5.74, 6) is 1.02. The van der Waals surface area contributed by atoms with Crippen molar-refractivity contribution >= 4 is 16.1 Å². The van der Waals surface area contributed by atoms with E-state index in [1.807, 2.05) is 25.1 Å². The topological polar surface area (TPSA) is 84.9 Å². The van der Waals surface area contributed by atoms with Gasteiger partial charge in [-0.15, -0.1) is 0 Å². The van der Waals surface area contributed by atoms with Crippen molar-refractivity contribution in [3.8, 4) is 11.5 Å². The summed E-state index contributed by atoms with van der Waals surface area (Å²) in [6.07, 6.45) is 1.04. The molecule has 1 aliphatic rings. The van der Waals surface area contributed by atoms with Crippen LogP contribution < -0.4 is 14.2 Å². The van der Waals surface area contributed by atoms with Gasteiger partial charge in [0.2, 0.25) is 10.0 Å². The number of hydrogen-bond donors (Lipinski definition) is 1. The van der Waals surface area contributed by atoms with Gasteiger partial charge < -0.3 is 14.4 Å². The fraction of sp³-hybridized carbons (Fsp3) is 0.381. The molecule has 0 aromatic heterocycles. The highest BCUT2D eigenvalue weighted by Gasteiger charge is 2.26. The SMILES string of the molecule is CCOc1ccccc1S(=O)(=O)NCC1CCN(C(=O)Oc2ccccc2)CC1. The first kappa shape index (κ1) is 21.1. The zero-order chi connectivity index (χ0) is 20.7. The monoisotopic (exact) mass is 418 g/mol. The molecule has 2 aromatic rings. The molecular weight excluding hydrogens is 392 g/mol. The zero-order valence-corrected chi connectivity index (χ0v) is 17.2. The van der Waals surface area contributed by atoms with Gasteiger partial charge in [-0.05, 0) is 49.9 Å². The van der Waals surface area contributed by atoms with E-state index in [1.165, 1.54) is 6.07 Å². The van der Waals surface area contributed by atoms with Crippen molar-refractivity contribution in [2.45, 2.75) is 24.7 Å². The third-order valence-corrected chi connectivity index (χ3v) is 6.28. The lowest BCUT2D eigenvalue weighted by atomic mass is 9.97. The van der Waals surface area contributed by atoms with Crippen molar-refractivity contribution in [2.24, 2.45) is 5.92 Å². The minimum atomic E-state index is -3.66. The van der Waals surface area contributed by atoms with Crippen molar-refractivity contribution in [2.75, 3.05) is 26.2 Å². The van der Waals surface area contributed by atoms with Crippen LogP contribution in [0.5, 0.6) is 11.5 Å². The number of para-hydroxylation sites is 2. The first-order valence-corrected chi connectivity index (χ1v) is 11.2. The second kappa shape index (κ2) is 9.76. The standard InChI is InChI=1S/C21H26N2O5S/c1-2-27-19-10-6-7-11-20(19)29(25,26)22-16-17-12-14-23(15-13-17)21(24)28-18-8-4-3-5-9-18/h3-11,17,22H,2,12-16H2,1H3. The lowest BCUT2D eigenvalue weighted by Gasteiger charge is -2.31. The number of benzene rings is 2. The number of ether oxygens (including phenoxy) is 2. The van der Waals surface area contributed by atoms with Gasteiger partial charge in [0.15, 0.2) is 0 Å². The minimum absolute atomic E-state index is 0.144. The lowest BCUT2D eigenvalue weighted by Crippen LogP contribution is -2.42. The van der Waals surface area contributed by atoms with Crippen molar-refractivity contribution in [3.63, 3.8) is 0 Å². The van der Waals surface area contributed by atoms with Crippen LogP contribution in [-0.2, 0) is 10.0 Å². The predicted molar refractivity (Wildman–Crippen MR) is 110 cm³/mol. The van der Waals surface area contributed by atoms with E-state index in [1.54, 1.807) is 35.2 Å². The second-order valence-electron chi connectivity index (χ2n) is 6.84. The molecule has 7 nitrogen and oxygen atoms in total. The summed E-state index contributed by atoms with van der Waals surface area (Å²) in [5, 5.41) is 0. The Kier molecular flexibility index (Phi) is 7.11. The van der Waals surface area contributed by atoms with Gasteiger partial charge in [-0.3, -0.25) is 0 Å². The third-order valence-electron chi connectivity index (χ3n) is 4.82. The molecule has 0 saturated carbocycles. The molecule has 2 aromatic carbocycles. The van der Waals surface area contributed by atoms with Crippen LogP contribution in [0.1, 0.15) is 19.8 Å². The quantitative estimate of drug-likeness (QED) is 0.746. The number of amides is 1. The molecule has 29 heavy (non-hydrogen) atoms. The summed E-state index contributed by atoms with van der Waals surface area (Å²) >= 11 is 0. The highest BCUT2D eigenvalue weighted by molar-refractivity contribution is 7.89. The molecule has 1 fully saturated rings. The van der Waals surface area contributed by atoms with Crippen molar-refractivity contribution < 1.29 is 22.7 Å². The second-order valence-corrected chi connectivity index (χ2v) is 8.58. The van der Waals surface area contributed by atoms with Crippen LogP contribution in [-0.4, -0.2) is 45.7 Å². The molecule has 8 heteroatoms. The normalized spacial score (nSPS) is 15.1. The summed E-state index contributed by atoms with van der Waals surface area (Å²) in [6, 6.07) is 15.6. The Morgan fingerprint density at radius 1 is 1.07 bits per heavy atom. The van der Waals surface area contributed by atoms with Crippen molar-refractivity contribution in [1.82, 2.24) is 9.62 Å². The molecule has 1 saturated heterocycles. The number of nitrogens with zero attached hydrogens (tertiary/aromatic N) is 1. The smallest absolute Gasteiger partial charge is 0.415 e. The number of sulfonamides is 1. The molecule has 0 unspecified atom stereocenters. The number of rotatable bonds is 7. The number of hydrogen-bond acceptors (Lipinski definition) is 5. The molecule has 1 heterocycles. The van der Waals surface area contributed by atoms with E-state index in [0.29, 0.717) is 50.6 Å². The van der Waals surface area contributed by atoms with Crippen molar-refractivity contribution in [1.29, 1.82) is 0 Å². The molecule has 0 aliphatic carbocycles. The molecular formula is C21H26N2O5S. The number of nitrogens with one attached hydrogen (secondary N) is 1. The summed E-state index contributed by atoms with van der Waals surface area (Å²) in [5.41, 5.74) is 0. The maximum atomic E-state index is 12.7. The Hall–Kier alpha value is -2.58. The van der Waals surface area contributed by atoms with E-state index >= 15 is 0 Å². The van der Waals surface area contributed by atoms with Gasteiger partial charge in [-0.1, -0.05) is 30.3 Å². The first-order chi connectivity index (χ1) is 14.0. The van der Waals surface area contributed by atoms with Crippen LogP contribution in [0.4, 0.5) is 4.79 Å². The molecule has 1 N–H and O–H groups in total. The predicted octanol–water partition coefficient (Wildman–Crippen LogP) is 3.27. The largest absolute Gasteiger partial charge is 0.492 e. The highest BCUT2D eigenvalue weighted by Crippen LogP contribution is 2.24. The number of likely N-dealkylation sites (tertiary alicyclic amines) is 1. The molecule has 0 spiro atoms. The number of piperidine rings is 1. The summed E-state index contributed by atoms with van der Waals surface area (Å²) in [7, 11) is -3.66. The molecule has 0 radical (unpaired) electrons. The fourth-order valence-electron chi connectivity index (χ4n) is 3.23. The Labute approximate surface area is 171 Å². The Balaban J connectivity index is 1.50. The van der Waals surface area contributed by atoms with Crippen LogP contribution in [0.25, 0.3) is 0 Å². The van der Waals surface area contributed by atoms with Gasteiger partial charge in [-0.2, -0.15) is 0 Å². The average molecular weight is 419 g/mol. The van der Waals surface area contributed by atoms with E-state index in [-0.39, 0.29) is 16.9 Å². The van der Waals surface area contributed by atoms with E-state index in [2.05, 4.69) is 4.72 Å². The molecule has 3 rings (SSSR count). The highest BCUT2D eigenvalue weighted by atomic mass is 32.2. The van der Waals surface area contributed by atoms with Crippen LogP contribution >= 0.6 is 0 Å². The average Bonchev–Trinajstić information content (AvgIpc) is 2.74. The first-order valence-electron chi connectivity index (χ1n) is 9.73. The number of carbonyl (C=O) groups is 1. The summed E-state index contributed by atoms with van der Waals surface area (Å²) in [6.45, 7) is 3.60. The molecule has 1 amide bonds. The Morgan fingerprint density at radius 3 is 2.41 bits per heavy atom. The van der Waals surface area contributed by atoms with Gasteiger partial charge in [0.1, 0.15) is 16.4 Å². The summed E-state index contributed by atoms with van der Waals surface area (Å²) < 4.78 is 38.8. The summed E-state index contributed by atoms with van der Waals surface area (Å²) in [4.78, 5) is 14.1. The number of carbonyl (C=O) groups excluding carboxylic acids is 1. The Morgan fingerprint density at radius 2 is 1.72 bits per heavy atom. The van der Waals surface area contributed by atoms with Crippen LogP contribution in [0.2, 0.25) is 0 Å².